The molecule has 2 unspecified atom stereocenters. The standard InChI is InChI=1S/C13H26N4O2/c1-4-13(2,11(14)16-19)12(18)15-8-10-6-5-7-17(3)9-10/h10,19H,4-9H2,1-3H3,(H2,14,16)(H,15,18). The number of carbonyl (C=O) groups is 1. The number of likely N-dealkylation sites (tertiary alicyclic amines) is 1. The van der Waals surface area contributed by atoms with Crippen molar-refractivity contribution in [2.75, 3.05) is 26.7 Å². The van der Waals surface area contributed by atoms with E-state index in [1.54, 1.807) is 6.92 Å². The van der Waals surface area contributed by atoms with Gasteiger partial charge in [0.2, 0.25) is 5.91 Å². The molecule has 0 aromatic carbocycles. The molecule has 0 aliphatic carbocycles. The van der Waals surface area contributed by atoms with E-state index < -0.39 is 5.41 Å². The van der Waals surface area contributed by atoms with E-state index in [-0.39, 0.29) is 11.7 Å². The molecule has 1 saturated heterocycles. The number of nitrogens with zero attached hydrogens (tertiary/aromatic N) is 2. The highest BCUT2D eigenvalue weighted by atomic mass is 16.4. The predicted octanol–water partition coefficient (Wildman–Crippen LogP) is 0.607. The lowest BCUT2D eigenvalue weighted by molar-refractivity contribution is -0.127. The number of oxime groups is 1. The molecule has 1 fully saturated rings. The van der Waals surface area contributed by atoms with Crippen LogP contribution in [0.25, 0.3) is 0 Å². The first-order valence-corrected chi connectivity index (χ1v) is 6.89. The van der Waals surface area contributed by atoms with E-state index in [9.17, 15) is 4.79 Å². The molecule has 1 aliphatic rings. The third-order valence-electron chi connectivity index (χ3n) is 4.15. The van der Waals surface area contributed by atoms with E-state index in [1.165, 1.54) is 6.42 Å². The Bertz CT molecular complexity index is 346. The number of hydrogen-bond donors (Lipinski definition) is 3. The van der Waals surface area contributed by atoms with Gasteiger partial charge in [0.1, 0.15) is 5.41 Å². The number of amides is 1. The molecule has 0 radical (unpaired) electrons. The molecule has 0 aromatic rings. The molecular formula is C13H26N4O2. The molecule has 0 aromatic heterocycles. The smallest absolute Gasteiger partial charge is 0.233 e. The number of piperidine rings is 1. The van der Waals surface area contributed by atoms with Crippen molar-refractivity contribution >= 4 is 11.7 Å². The summed E-state index contributed by atoms with van der Waals surface area (Å²) in [5, 5.41) is 14.7. The Morgan fingerprint density at radius 2 is 2.32 bits per heavy atom. The van der Waals surface area contributed by atoms with Crippen molar-refractivity contribution in [1.82, 2.24) is 10.2 Å². The zero-order chi connectivity index (χ0) is 14.5. The van der Waals surface area contributed by atoms with Crippen LogP contribution in [0.4, 0.5) is 0 Å². The molecule has 0 spiro atoms. The summed E-state index contributed by atoms with van der Waals surface area (Å²) in [6.07, 6.45) is 2.80. The van der Waals surface area contributed by atoms with E-state index in [0.29, 0.717) is 18.9 Å². The highest BCUT2D eigenvalue weighted by molar-refractivity contribution is 6.06. The largest absolute Gasteiger partial charge is 0.409 e. The van der Waals surface area contributed by atoms with Gasteiger partial charge < -0.3 is 21.2 Å². The summed E-state index contributed by atoms with van der Waals surface area (Å²) >= 11 is 0. The maximum absolute atomic E-state index is 12.2. The van der Waals surface area contributed by atoms with Gasteiger partial charge >= 0.3 is 0 Å². The van der Waals surface area contributed by atoms with Gasteiger partial charge in [0.15, 0.2) is 5.84 Å². The molecule has 19 heavy (non-hydrogen) atoms. The molecule has 1 heterocycles. The first-order valence-electron chi connectivity index (χ1n) is 6.89. The Balaban J connectivity index is 2.54. The molecule has 2 atom stereocenters. The van der Waals surface area contributed by atoms with Gasteiger partial charge in [-0.1, -0.05) is 12.1 Å². The number of rotatable bonds is 5. The van der Waals surface area contributed by atoms with E-state index in [2.05, 4.69) is 22.4 Å². The van der Waals surface area contributed by atoms with E-state index in [0.717, 1.165) is 19.5 Å². The normalized spacial score (nSPS) is 24.8. The SMILES string of the molecule is CCC(C)(C(=O)NCC1CCCN(C)C1)C(N)=NO. The van der Waals surface area contributed by atoms with Crippen LogP contribution in [0.3, 0.4) is 0 Å². The number of hydrogen-bond acceptors (Lipinski definition) is 4. The van der Waals surface area contributed by atoms with Crippen LogP contribution < -0.4 is 11.1 Å². The third-order valence-corrected chi connectivity index (χ3v) is 4.15. The van der Waals surface area contributed by atoms with Crippen LogP contribution in [0, 0.1) is 11.3 Å². The number of amidine groups is 1. The fourth-order valence-electron chi connectivity index (χ4n) is 2.44. The Kier molecular flexibility index (Phi) is 5.60. The molecule has 4 N–H and O–H groups in total. The van der Waals surface area contributed by atoms with Crippen LogP contribution in [0.1, 0.15) is 33.1 Å². The molecule has 0 bridgehead atoms. The second-order valence-corrected chi connectivity index (χ2v) is 5.65. The highest BCUT2D eigenvalue weighted by Gasteiger charge is 2.36. The van der Waals surface area contributed by atoms with Crippen LogP contribution in [0.5, 0.6) is 0 Å². The minimum Gasteiger partial charge on any atom is -0.409 e. The maximum Gasteiger partial charge on any atom is 0.233 e. The predicted molar refractivity (Wildman–Crippen MR) is 75.0 cm³/mol. The van der Waals surface area contributed by atoms with Crippen LogP contribution in [-0.4, -0.2) is 48.5 Å². The summed E-state index contributed by atoms with van der Waals surface area (Å²) < 4.78 is 0. The summed E-state index contributed by atoms with van der Waals surface area (Å²) in [5.41, 5.74) is 4.69. The lowest BCUT2D eigenvalue weighted by Crippen LogP contribution is -2.49. The molecule has 0 saturated carbocycles. The van der Waals surface area contributed by atoms with Gasteiger partial charge in [-0.2, -0.15) is 0 Å². The number of nitrogens with two attached hydrogens (primary N) is 1. The summed E-state index contributed by atoms with van der Waals surface area (Å²) in [6, 6.07) is 0. The Morgan fingerprint density at radius 1 is 1.63 bits per heavy atom. The number of nitrogens with one attached hydrogen (secondary N) is 1. The molecule has 110 valence electrons. The van der Waals surface area contributed by atoms with Gasteiger partial charge in [0, 0.05) is 13.1 Å². The zero-order valence-corrected chi connectivity index (χ0v) is 12.1. The van der Waals surface area contributed by atoms with Crippen LogP contribution >= 0.6 is 0 Å². The Hall–Kier alpha value is -1.30. The van der Waals surface area contributed by atoms with Gasteiger partial charge in [-0.05, 0) is 45.7 Å². The number of carbonyl (C=O) groups excluding carboxylic acids is 1. The second kappa shape index (κ2) is 6.75. The zero-order valence-electron chi connectivity index (χ0n) is 12.1. The lowest BCUT2D eigenvalue weighted by Gasteiger charge is -2.31. The third kappa shape index (κ3) is 3.83. The molecule has 1 rings (SSSR count). The molecule has 6 heteroatoms. The van der Waals surface area contributed by atoms with Crippen LogP contribution in [0.2, 0.25) is 0 Å². The van der Waals surface area contributed by atoms with Gasteiger partial charge in [0.25, 0.3) is 0 Å². The molecule has 1 aliphatic heterocycles. The quantitative estimate of drug-likeness (QED) is 0.295. The summed E-state index contributed by atoms with van der Waals surface area (Å²) in [5.74, 6) is 0.280. The van der Waals surface area contributed by atoms with Crippen molar-refractivity contribution in [2.45, 2.75) is 33.1 Å². The topological polar surface area (TPSA) is 91.0 Å². The Morgan fingerprint density at radius 3 is 2.84 bits per heavy atom. The van der Waals surface area contributed by atoms with Gasteiger partial charge in [0.05, 0.1) is 0 Å². The fraction of sp³-hybridized carbons (Fsp3) is 0.846. The minimum absolute atomic E-state index is 0.0340. The molecule has 1 amide bonds. The van der Waals surface area contributed by atoms with Crippen LogP contribution in [0.15, 0.2) is 5.16 Å². The fourth-order valence-corrected chi connectivity index (χ4v) is 2.44. The van der Waals surface area contributed by atoms with Crippen molar-refractivity contribution in [3.8, 4) is 0 Å². The van der Waals surface area contributed by atoms with E-state index in [4.69, 9.17) is 10.9 Å². The van der Waals surface area contributed by atoms with Gasteiger partial charge in [-0.3, -0.25) is 4.79 Å². The monoisotopic (exact) mass is 270 g/mol. The second-order valence-electron chi connectivity index (χ2n) is 5.65. The summed E-state index contributed by atoms with van der Waals surface area (Å²) in [7, 11) is 2.10. The summed E-state index contributed by atoms with van der Waals surface area (Å²) in [4.78, 5) is 14.5. The highest BCUT2D eigenvalue weighted by Crippen LogP contribution is 2.22. The average Bonchev–Trinajstić information content (AvgIpc) is 2.42. The van der Waals surface area contributed by atoms with Crippen molar-refractivity contribution in [1.29, 1.82) is 0 Å². The minimum atomic E-state index is -0.935. The first-order chi connectivity index (χ1) is 8.93. The van der Waals surface area contributed by atoms with Crippen molar-refractivity contribution in [3.63, 3.8) is 0 Å². The maximum atomic E-state index is 12.2. The lowest BCUT2D eigenvalue weighted by atomic mass is 9.85. The average molecular weight is 270 g/mol. The molecule has 6 nitrogen and oxygen atoms in total. The van der Waals surface area contributed by atoms with Crippen molar-refractivity contribution < 1.29 is 10.0 Å². The van der Waals surface area contributed by atoms with Crippen molar-refractivity contribution in [3.05, 3.63) is 0 Å². The summed E-state index contributed by atoms with van der Waals surface area (Å²) in [6.45, 7) is 6.34. The molecular weight excluding hydrogens is 244 g/mol. The Labute approximate surface area is 115 Å². The van der Waals surface area contributed by atoms with E-state index in [1.807, 2.05) is 6.92 Å². The van der Waals surface area contributed by atoms with Gasteiger partial charge in [-0.15, -0.1) is 0 Å². The van der Waals surface area contributed by atoms with Crippen molar-refractivity contribution in [2.24, 2.45) is 22.2 Å². The van der Waals surface area contributed by atoms with E-state index >= 15 is 0 Å². The van der Waals surface area contributed by atoms with Gasteiger partial charge in [-0.25, -0.2) is 0 Å². The first kappa shape index (κ1) is 15.8. The van der Waals surface area contributed by atoms with Crippen LogP contribution in [-0.2, 0) is 4.79 Å².